The van der Waals surface area contributed by atoms with E-state index in [4.69, 9.17) is 4.98 Å². The molecule has 0 aliphatic carbocycles. The number of likely N-dealkylation sites (tertiary alicyclic amines) is 1. The molecule has 28 heavy (non-hydrogen) atoms. The van der Waals surface area contributed by atoms with Gasteiger partial charge >= 0.3 is 0 Å². The molecule has 1 aliphatic rings. The summed E-state index contributed by atoms with van der Waals surface area (Å²) in [7, 11) is 0. The number of carbonyl (C=O) groups excluding carboxylic acids is 1. The summed E-state index contributed by atoms with van der Waals surface area (Å²) in [6.07, 6.45) is 6.90. The van der Waals surface area contributed by atoms with E-state index in [-0.39, 0.29) is 5.91 Å². The average Bonchev–Trinajstić information content (AvgIpc) is 3.27. The van der Waals surface area contributed by atoms with Gasteiger partial charge in [-0.05, 0) is 46.9 Å². The number of rotatable bonds is 6. The summed E-state index contributed by atoms with van der Waals surface area (Å²) in [5, 5.41) is 11.0. The maximum absolute atomic E-state index is 12.6. The molecule has 1 aromatic carbocycles. The maximum atomic E-state index is 12.6. The number of hydrogen-bond acceptors (Lipinski definition) is 5. The third kappa shape index (κ3) is 4.60. The number of pyridine rings is 1. The second-order valence-electron chi connectivity index (χ2n) is 7.26. The van der Waals surface area contributed by atoms with Crippen LogP contribution < -0.4 is 0 Å². The molecule has 1 aliphatic heterocycles. The molecule has 0 bridgehead atoms. The van der Waals surface area contributed by atoms with Crippen molar-refractivity contribution in [1.82, 2.24) is 30.1 Å². The normalized spacial score (nSPS) is 16.9. The van der Waals surface area contributed by atoms with Crippen molar-refractivity contribution in [1.29, 1.82) is 0 Å². The molecule has 3 aromatic rings. The highest BCUT2D eigenvalue weighted by Gasteiger charge is 2.25. The molecule has 3 heterocycles. The number of benzene rings is 1. The lowest BCUT2D eigenvalue weighted by atomic mass is 9.93. The maximum Gasteiger partial charge on any atom is 0.224 e. The van der Waals surface area contributed by atoms with Crippen LogP contribution in [0.1, 0.15) is 42.0 Å². The van der Waals surface area contributed by atoms with Crippen molar-refractivity contribution in [2.24, 2.45) is 0 Å². The summed E-state index contributed by atoms with van der Waals surface area (Å²) in [6, 6.07) is 14.7. The van der Waals surface area contributed by atoms with E-state index in [2.05, 4.69) is 51.9 Å². The zero-order valence-corrected chi connectivity index (χ0v) is 15.8. The lowest BCUT2D eigenvalue weighted by Crippen LogP contribution is -2.39. The molecular weight excluding hydrogens is 352 g/mol. The van der Waals surface area contributed by atoms with Crippen LogP contribution in [0, 0.1) is 0 Å². The highest BCUT2D eigenvalue weighted by Crippen LogP contribution is 2.26. The van der Waals surface area contributed by atoms with Gasteiger partial charge in [-0.25, -0.2) is 4.68 Å². The Morgan fingerprint density at radius 2 is 2.00 bits per heavy atom. The van der Waals surface area contributed by atoms with Crippen LogP contribution in [0.4, 0.5) is 0 Å². The number of carbonyl (C=O) groups is 1. The van der Waals surface area contributed by atoms with Gasteiger partial charge in [0, 0.05) is 37.3 Å². The highest BCUT2D eigenvalue weighted by atomic mass is 16.2. The number of piperidine rings is 1. The molecule has 1 atom stereocenters. The number of aromatic nitrogens is 5. The minimum absolute atomic E-state index is 0.154. The summed E-state index contributed by atoms with van der Waals surface area (Å²) in [4.78, 5) is 19.2. The summed E-state index contributed by atoms with van der Waals surface area (Å²) >= 11 is 0. The molecule has 2 aromatic heterocycles. The zero-order valence-electron chi connectivity index (χ0n) is 15.8. The van der Waals surface area contributed by atoms with Crippen molar-refractivity contribution >= 4 is 5.91 Å². The molecule has 7 nitrogen and oxygen atoms in total. The fourth-order valence-electron chi connectivity index (χ4n) is 3.71. The number of tetrazole rings is 1. The Hall–Kier alpha value is -3.09. The van der Waals surface area contributed by atoms with Crippen LogP contribution in [0.3, 0.4) is 0 Å². The number of hydrogen-bond donors (Lipinski definition) is 0. The topological polar surface area (TPSA) is 76.8 Å². The average molecular weight is 376 g/mol. The quantitative estimate of drug-likeness (QED) is 0.660. The van der Waals surface area contributed by atoms with Gasteiger partial charge in [0.1, 0.15) is 6.33 Å². The van der Waals surface area contributed by atoms with Gasteiger partial charge in [0.05, 0.1) is 6.54 Å². The molecule has 0 spiro atoms. The van der Waals surface area contributed by atoms with Gasteiger partial charge in [-0.1, -0.05) is 36.4 Å². The molecule has 0 radical (unpaired) electrons. The molecule has 1 fully saturated rings. The Labute approximate surface area is 164 Å². The fraction of sp³-hybridized carbons (Fsp3) is 0.381. The molecule has 4 rings (SSSR count). The van der Waals surface area contributed by atoms with Crippen LogP contribution in [0.25, 0.3) is 0 Å². The Morgan fingerprint density at radius 1 is 1.11 bits per heavy atom. The van der Waals surface area contributed by atoms with Crippen molar-refractivity contribution in [3.63, 3.8) is 0 Å². The predicted molar refractivity (Wildman–Crippen MR) is 104 cm³/mol. The smallest absolute Gasteiger partial charge is 0.224 e. The van der Waals surface area contributed by atoms with E-state index in [1.807, 2.05) is 17.2 Å². The molecule has 1 amide bonds. The van der Waals surface area contributed by atoms with Crippen molar-refractivity contribution in [3.8, 4) is 0 Å². The molecule has 0 N–H and O–H groups in total. The lowest BCUT2D eigenvalue weighted by Gasteiger charge is -2.32. The largest absolute Gasteiger partial charge is 0.342 e. The van der Waals surface area contributed by atoms with Gasteiger partial charge in [-0.3, -0.25) is 9.78 Å². The van der Waals surface area contributed by atoms with Crippen molar-refractivity contribution < 1.29 is 4.79 Å². The number of aryl methyl sites for hydroxylation is 1. The minimum atomic E-state index is 0.154. The fourth-order valence-corrected chi connectivity index (χ4v) is 3.71. The van der Waals surface area contributed by atoms with Crippen LogP contribution in [-0.4, -0.2) is 49.1 Å². The van der Waals surface area contributed by atoms with Crippen molar-refractivity contribution in [2.75, 3.05) is 13.1 Å². The third-order valence-corrected chi connectivity index (χ3v) is 5.24. The van der Waals surface area contributed by atoms with Crippen LogP contribution >= 0.6 is 0 Å². The standard InChI is InChI=1S/C21H24N6O/c28-21(10-12-27-16-23-24-25-27)26-11-4-7-19(15-26)20-9-8-18(14-22-20)13-17-5-2-1-3-6-17/h1-3,5-6,8-9,14,16,19H,4,7,10-13,15H2. The molecule has 7 heteroatoms. The van der Waals surface area contributed by atoms with Gasteiger partial charge in [-0.2, -0.15) is 0 Å². The van der Waals surface area contributed by atoms with Crippen molar-refractivity contribution in [3.05, 3.63) is 71.8 Å². The van der Waals surface area contributed by atoms with E-state index >= 15 is 0 Å². The first kappa shape index (κ1) is 18.3. The second-order valence-corrected chi connectivity index (χ2v) is 7.26. The highest BCUT2D eigenvalue weighted by molar-refractivity contribution is 5.76. The van der Waals surface area contributed by atoms with E-state index in [0.717, 1.165) is 38.0 Å². The Morgan fingerprint density at radius 3 is 2.75 bits per heavy atom. The zero-order chi connectivity index (χ0) is 19.2. The number of amides is 1. The van der Waals surface area contributed by atoms with Gasteiger partial charge in [-0.15, -0.1) is 5.10 Å². The van der Waals surface area contributed by atoms with Gasteiger partial charge < -0.3 is 4.90 Å². The first-order chi connectivity index (χ1) is 13.8. The minimum Gasteiger partial charge on any atom is -0.342 e. The molecule has 1 unspecified atom stereocenters. The summed E-state index contributed by atoms with van der Waals surface area (Å²) in [5.41, 5.74) is 3.57. The Bertz CT molecular complexity index is 879. The van der Waals surface area contributed by atoms with E-state index in [1.165, 1.54) is 17.5 Å². The van der Waals surface area contributed by atoms with Gasteiger partial charge in [0.2, 0.25) is 5.91 Å². The molecule has 144 valence electrons. The summed E-state index contributed by atoms with van der Waals surface area (Å²) in [5.74, 6) is 0.456. The summed E-state index contributed by atoms with van der Waals surface area (Å²) < 4.78 is 1.59. The van der Waals surface area contributed by atoms with E-state index < -0.39 is 0 Å². The number of nitrogens with zero attached hydrogens (tertiary/aromatic N) is 6. The van der Waals surface area contributed by atoms with Crippen molar-refractivity contribution in [2.45, 2.75) is 38.1 Å². The SMILES string of the molecule is O=C(CCn1cnnn1)N1CCCC(c2ccc(Cc3ccccc3)cn2)C1. The van der Waals surface area contributed by atoms with Gasteiger partial charge in [0.15, 0.2) is 0 Å². The third-order valence-electron chi connectivity index (χ3n) is 5.24. The van der Waals surface area contributed by atoms with E-state index in [9.17, 15) is 4.79 Å². The van der Waals surface area contributed by atoms with Crippen LogP contribution in [-0.2, 0) is 17.8 Å². The Kier molecular flexibility index (Phi) is 5.70. The first-order valence-electron chi connectivity index (χ1n) is 9.75. The van der Waals surface area contributed by atoms with E-state index in [0.29, 0.717) is 18.9 Å². The van der Waals surface area contributed by atoms with E-state index in [1.54, 1.807) is 4.68 Å². The van der Waals surface area contributed by atoms with Gasteiger partial charge in [0.25, 0.3) is 0 Å². The molecule has 1 saturated heterocycles. The first-order valence-corrected chi connectivity index (χ1v) is 9.75. The molecular formula is C21H24N6O. The van der Waals surface area contributed by atoms with Crippen LogP contribution in [0.2, 0.25) is 0 Å². The lowest BCUT2D eigenvalue weighted by molar-refractivity contribution is -0.132. The summed E-state index contributed by atoms with van der Waals surface area (Å²) in [6.45, 7) is 2.07. The Balaban J connectivity index is 1.34. The predicted octanol–water partition coefficient (Wildman–Crippen LogP) is 2.46. The second kappa shape index (κ2) is 8.73. The van der Waals surface area contributed by atoms with Crippen LogP contribution in [0.15, 0.2) is 55.0 Å². The van der Waals surface area contributed by atoms with Crippen LogP contribution in [0.5, 0.6) is 0 Å². The molecule has 0 saturated carbocycles. The monoisotopic (exact) mass is 376 g/mol.